The Morgan fingerprint density at radius 1 is 1.16 bits per heavy atom. The molecule has 0 saturated heterocycles. The number of carbonyl (C=O) groups excluding carboxylic acids is 1. The average Bonchev–Trinajstić information content (AvgIpc) is 2.63. The molecular formula is C19H18FN3O2. The summed E-state index contributed by atoms with van der Waals surface area (Å²) in [6.07, 6.45) is 4.73. The van der Waals surface area contributed by atoms with Crippen molar-refractivity contribution in [1.82, 2.24) is 9.97 Å². The molecule has 0 spiro atoms. The monoisotopic (exact) mass is 339 g/mol. The molecule has 2 heterocycles. The van der Waals surface area contributed by atoms with E-state index in [-0.39, 0.29) is 17.3 Å². The van der Waals surface area contributed by atoms with E-state index in [0.717, 1.165) is 41.7 Å². The second-order valence-electron chi connectivity index (χ2n) is 5.73. The van der Waals surface area contributed by atoms with E-state index in [4.69, 9.17) is 0 Å². The lowest BCUT2D eigenvalue weighted by atomic mass is 10.1. The van der Waals surface area contributed by atoms with Gasteiger partial charge in [-0.05, 0) is 55.7 Å². The van der Waals surface area contributed by atoms with Gasteiger partial charge in [0.2, 0.25) is 0 Å². The first kappa shape index (κ1) is 16.8. The van der Waals surface area contributed by atoms with Crippen LogP contribution < -0.4 is 5.32 Å². The van der Waals surface area contributed by atoms with Crippen molar-refractivity contribution in [3.63, 3.8) is 0 Å². The quantitative estimate of drug-likeness (QED) is 0.507. The first-order valence-corrected chi connectivity index (χ1v) is 8.09. The van der Waals surface area contributed by atoms with Gasteiger partial charge in [-0.1, -0.05) is 0 Å². The molecular weight excluding hydrogens is 321 g/mol. The van der Waals surface area contributed by atoms with Crippen molar-refractivity contribution >= 4 is 22.9 Å². The van der Waals surface area contributed by atoms with Gasteiger partial charge < -0.3 is 10.4 Å². The predicted molar refractivity (Wildman–Crippen MR) is 94.4 cm³/mol. The van der Waals surface area contributed by atoms with E-state index >= 15 is 0 Å². The minimum Gasteiger partial charge on any atom is -0.506 e. The molecule has 2 N–H and O–H groups in total. The summed E-state index contributed by atoms with van der Waals surface area (Å²) in [5.74, 6) is -0.384. The van der Waals surface area contributed by atoms with Crippen LogP contribution in [0.1, 0.15) is 29.0 Å². The molecule has 6 heteroatoms. The molecule has 0 bridgehead atoms. The van der Waals surface area contributed by atoms with Crippen LogP contribution in [0.4, 0.5) is 10.1 Å². The van der Waals surface area contributed by atoms with Gasteiger partial charge in [-0.3, -0.25) is 9.78 Å². The lowest BCUT2D eigenvalue weighted by Crippen LogP contribution is -2.04. The highest BCUT2D eigenvalue weighted by Crippen LogP contribution is 2.22. The van der Waals surface area contributed by atoms with Crippen LogP contribution in [0.2, 0.25) is 0 Å². The number of nitrogens with zero attached hydrogens (tertiary/aromatic N) is 2. The zero-order valence-corrected chi connectivity index (χ0v) is 13.6. The van der Waals surface area contributed by atoms with Gasteiger partial charge in [0.15, 0.2) is 6.29 Å². The van der Waals surface area contributed by atoms with Gasteiger partial charge in [0.25, 0.3) is 0 Å². The van der Waals surface area contributed by atoms with Crippen molar-refractivity contribution in [3.8, 4) is 5.75 Å². The Labute approximate surface area is 144 Å². The smallest absolute Gasteiger partial charge is 0.172 e. The number of halogens is 1. The molecule has 0 radical (unpaired) electrons. The van der Waals surface area contributed by atoms with E-state index in [9.17, 15) is 14.3 Å². The zero-order chi connectivity index (χ0) is 17.6. The molecule has 0 unspecified atom stereocenters. The molecule has 0 aliphatic carbocycles. The Morgan fingerprint density at radius 3 is 2.88 bits per heavy atom. The first-order valence-electron chi connectivity index (χ1n) is 8.09. The van der Waals surface area contributed by atoms with E-state index in [1.54, 1.807) is 18.3 Å². The molecule has 0 aliphatic rings. The van der Waals surface area contributed by atoms with E-state index in [0.29, 0.717) is 12.7 Å². The van der Waals surface area contributed by atoms with Gasteiger partial charge in [-0.25, -0.2) is 9.37 Å². The fourth-order valence-corrected chi connectivity index (χ4v) is 2.66. The summed E-state index contributed by atoms with van der Waals surface area (Å²) in [5.41, 5.74) is 2.45. The number of hydrogen-bond acceptors (Lipinski definition) is 5. The average molecular weight is 339 g/mol. The number of carbonyl (C=O) groups is 1. The molecule has 0 atom stereocenters. The van der Waals surface area contributed by atoms with E-state index in [2.05, 4.69) is 15.3 Å². The lowest BCUT2D eigenvalue weighted by molar-refractivity contribution is 0.111. The van der Waals surface area contributed by atoms with Gasteiger partial charge in [0, 0.05) is 29.5 Å². The van der Waals surface area contributed by atoms with Gasteiger partial charge >= 0.3 is 0 Å². The van der Waals surface area contributed by atoms with Crippen LogP contribution in [-0.4, -0.2) is 27.9 Å². The topological polar surface area (TPSA) is 75.1 Å². The Morgan fingerprint density at radius 2 is 2.04 bits per heavy atom. The summed E-state index contributed by atoms with van der Waals surface area (Å²) >= 11 is 0. The Bertz CT molecular complexity index is 899. The number of aromatic nitrogens is 2. The summed E-state index contributed by atoms with van der Waals surface area (Å²) in [4.78, 5) is 19.1. The highest BCUT2D eigenvalue weighted by Gasteiger charge is 2.05. The maximum absolute atomic E-state index is 13.4. The van der Waals surface area contributed by atoms with Crippen LogP contribution in [0.3, 0.4) is 0 Å². The highest BCUT2D eigenvalue weighted by atomic mass is 19.1. The molecule has 0 saturated carbocycles. The number of anilines is 1. The minimum atomic E-state index is -0.284. The third-order valence-electron chi connectivity index (χ3n) is 3.95. The number of aldehydes is 1. The first-order chi connectivity index (χ1) is 12.2. The van der Waals surface area contributed by atoms with Crippen LogP contribution >= 0.6 is 0 Å². The SMILES string of the molecule is O=Cc1nc(CCCCNc2ccnc3ccc(F)cc23)ccc1O. The molecule has 2 aromatic heterocycles. The molecule has 0 aliphatic heterocycles. The normalized spacial score (nSPS) is 10.8. The minimum absolute atomic E-state index is 0.0703. The number of rotatable bonds is 7. The molecule has 3 rings (SSSR count). The number of pyridine rings is 2. The van der Waals surface area contributed by atoms with E-state index in [1.165, 1.54) is 18.2 Å². The van der Waals surface area contributed by atoms with E-state index < -0.39 is 0 Å². The highest BCUT2D eigenvalue weighted by molar-refractivity contribution is 5.90. The van der Waals surface area contributed by atoms with Crippen LogP contribution in [-0.2, 0) is 6.42 Å². The van der Waals surface area contributed by atoms with Crippen molar-refractivity contribution in [2.75, 3.05) is 11.9 Å². The Hall–Kier alpha value is -3.02. The third-order valence-corrected chi connectivity index (χ3v) is 3.95. The number of hydrogen-bond donors (Lipinski definition) is 2. The van der Waals surface area contributed by atoms with E-state index in [1.807, 2.05) is 6.07 Å². The maximum atomic E-state index is 13.4. The molecule has 1 aromatic carbocycles. The number of unbranched alkanes of at least 4 members (excludes halogenated alkanes) is 1. The fraction of sp³-hybridized carbons (Fsp3) is 0.211. The molecule has 5 nitrogen and oxygen atoms in total. The van der Waals surface area contributed by atoms with Crippen LogP contribution in [0.25, 0.3) is 10.9 Å². The number of benzene rings is 1. The van der Waals surface area contributed by atoms with Gasteiger partial charge in [-0.2, -0.15) is 0 Å². The van der Waals surface area contributed by atoms with Crippen LogP contribution in [0, 0.1) is 5.82 Å². The van der Waals surface area contributed by atoms with Crippen molar-refractivity contribution in [2.45, 2.75) is 19.3 Å². The van der Waals surface area contributed by atoms with Gasteiger partial charge in [0.05, 0.1) is 5.52 Å². The van der Waals surface area contributed by atoms with Crippen molar-refractivity contribution < 1.29 is 14.3 Å². The Kier molecular flexibility index (Phi) is 5.18. The number of fused-ring (bicyclic) bond motifs is 1. The molecule has 0 amide bonds. The van der Waals surface area contributed by atoms with Gasteiger partial charge in [-0.15, -0.1) is 0 Å². The van der Waals surface area contributed by atoms with Crippen LogP contribution in [0.5, 0.6) is 5.75 Å². The van der Waals surface area contributed by atoms with Crippen molar-refractivity contribution in [3.05, 3.63) is 59.8 Å². The summed E-state index contributed by atoms with van der Waals surface area (Å²) in [7, 11) is 0. The summed E-state index contributed by atoms with van der Waals surface area (Å²) in [6.45, 7) is 0.730. The third kappa shape index (κ3) is 4.09. The molecule has 25 heavy (non-hydrogen) atoms. The largest absolute Gasteiger partial charge is 0.506 e. The fourth-order valence-electron chi connectivity index (χ4n) is 2.66. The molecule has 3 aromatic rings. The molecule has 128 valence electrons. The summed E-state index contributed by atoms with van der Waals surface area (Å²) < 4.78 is 13.4. The van der Waals surface area contributed by atoms with Gasteiger partial charge in [0.1, 0.15) is 17.3 Å². The summed E-state index contributed by atoms with van der Waals surface area (Å²) in [5, 5.41) is 13.5. The number of nitrogens with one attached hydrogen (secondary N) is 1. The van der Waals surface area contributed by atoms with Crippen LogP contribution in [0.15, 0.2) is 42.6 Å². The Balaban J connectivity index is 1.54. The van der Waals surface area contributed by atoms with Crippen molar-refractivity contribution in [2.24, 2.45) is 0 Å². The summed E-state index contributed by atoms with van der Waals surface area (Å²) in [6, 6.07) is 9.58. The standard InChI is InChI=1S/C19H18FN3O2/c20-13-4-6-16-15(11-13)17(8-10-22-16)21-9-2-1-3-14-5-7-19(25)18(12-24)23-14/h4-8,10-12,25H,1-3,9H2,(H,21,22). The number of aromatic hydroxyl groups is 1. The number of aryl methyl sites for hydroxylation is 1. The van der Waals surface area contributed by atoms with Crippen molar-refractivity contribution in [1.29, 1.82) is 0 Å². The maximum Gasteiger partial charge on any atom is 0.172 e. The molecule has 0 fully saturated rings. The lowest BCUT2D eigenvalue weighted by Gasteiger charge is -2.09. The second kappa shape index (κ2) is 7.70. The predicted octanol–water partition coefficient (Wildman–Crippen LogP) is 3.72. The zero-order valence-electron chi connectivity index (χ0n) is 13.6. The second-order valence-corrected chi connectivity index (χ2v) is 5.73.